The third-order valence-corrected chi connectivity index (χ3v) is 6.81. The molecule has 8 heteroatoms. The Balaban J connectivity index is 1.62. The van der Waals surface area contributed by atoms with Crippen molar-refractivity contribution < 1.29 is 9.53 Å². The SMILES string of the molecule is C=CCn1c(SCC(=O)NC2CCCCCC2)nnc1C(C)Oc1ccc(Cl)c(C)c1. The van der Waals surface area contributed by atoms with Crippen molar-refractivity contribution in [1.29, 1.82) is 0 Å². The van der Waals surface area contributed by atoms with Crippen LogP contribution < -0.4 is 10.1 Å². The number of aryl methyl sites for hydroxylation is 1. The van der Waals surface area contributed by atoms with Gasteiger partial charge in [0.1, 0.15) is 5.75 Å². The number of carbonyl (C=O) groups is 1. The summed E-state index contributed by atoms with van der Waals surface area (Å²) in [6.07, 6.45) is 8.55. The van der Waals surface area contributed by atoms with Crippen molar-refractivity contribution >= 4 is 29.3 Å². The smallest absolute Gasteiger partial charge is 0.230 e. The minimum absolute atomic E-state index is 0.0486. The number of rotatable bonds is 9. The van der Waals surface area contributed by atoms with Gasteiger partial charge >= 0.3 is 0 Å². The Hall–Kier alpha value is -1.99. The standard InChI is InChI=1S/C23H31ClN4O2S/c1-4-13-28-22(17(3)30-19-11-12-20(24)16(2)14-19)26-27-23(28)31-15-21(29)25-18-9-7-5-6-8-10-18/h4,11-12,14,17-18H,1,5-10,13,15H2,2-3H3,(H,25,29). The Morgan fingerprint density at radius 3 is 2.77 bits per heavy atom. The molecule has 1 fully saturated rings. The van der Waals surface area contributed by atoms with Gasteiger partial charge in [-0.15, -0.1) is 16.8 Å². The summed E-state index contributed by atoms with van der Waals surface area (Å²) in [5.41, 5.74) is 0.954. The molecule has 1 N–H and O–H groups in total. The van der Waals surface area contributed by atoms with Crippen molar-refractivity contribution in [3.8, 4) is 5.75 Å². The van der Waals surface area contributed by atoms with E-state index < -0.39 is 0 Å². The number of carbonyl (C=O) groups excluding carboxylic acids is 1. The third kappa shape index (κ3) is 6.74. The molecule has 1 unspecified atom stereocenters. The van der Waals surface area contributed by atoms with Gasteiger partial charge in [0.15, 0.2) is 17.1 Å². The highest BCUT2D eigenvalue weighted by atomic mass is 35.5. The van der Waals surface area contributed by atoms with Gasteiger partial charge in [0.25, 0.3) is 0 Å². The summed E-state index contributed by atoms with van der Waals surface area (Å²) in [6, 6.07) is 5.86. The number of nitrogens with one attached hydrogen (secondary N) is 1. The number of hydrogen-bond acceptors (Lipinski definition) is 5. The monoisotopic (exact) mass is 462 g/mol. The number of halogens is 1. The molecule has 0 bridgehead atoms. The minimum Gasteiger partial charge on any atom is -0.483 e. The highest BCUT2D eigenvalue weighted by molar-refractivity contribution is 7.99. The van der Waals surface area contributed by atoms with Crippen LogP contribution in [0.3, 0.4) is 0 Å². The van der Waals surface area contributed by atoms with Crippen molar-refractivity contribution in [3.05, 3.63) is 47.3 Å². The minimum atomic E-state index is -0.317. The van der Waals surface area contributed by atoms with Crippen molar-refractivity contribution in [2.75, 3.05) is 5.75 Å². The number of allylic oxidation sites excluding steroid dienone is 1. The van der Waals surface area contributed by atoms with E-state index in [0.29, 0.717) is 34.3 Å². The first-order chi connectivity index (χ1) is 15.0. The Morgan fingerprint density at radius 2 is 2.10 bits per heavy atom. The fourth-order valence-corrected chi connectivity index (χ4v) is 4.66. The van der Waals surface area contributed by atoms with E-state index in [2.05, 4.69) is 22.1 Å². The van der Waals surface area contributed by atoms with Crippen molar-refractivity contribution in [2.45, 2.75) is 76.2 Å². The maximum atomic E-state index is 12.5. The number of benzene rings is 1. The van der Waals surface area contributed by atoms with Crippen LogP contribution >= 0.6 is 23.4 Å². The number of hydrogen-bond donors (Lipinski definition) is 1. The van der Waals surface area contributed by atoms with E-state index >= 15 is 0 Å². The van der Waals surface area contributed by atoms with Gasteiger partial charge in [-0.05, 0) is 50.5 Å². The second-order valence-corrected chi connectivity index (χ2v) is 9.31. The number of thioether (sulfide) groups is 1. The molecule has 1 aliphatic carbocycles. The molecule has 1 aliphatic rings. The molecule has 0 saturated heterocycles. The van der Waals surface area contributed by atoms with Gasteiger partial charge in [-0.2, -0.15) is 0 Å². The Bertz CT molecular complexity index is 894. The molecule has 6 nitrogen and oxygen atoms in total. The lowest BCUT2D eigenvalue weighted by atomic mass is 10.1. The molecular weight excluding hydrogens is 432 g/mol. The van der Waals surface area contributed by atoms with Crippen molar-refractivity contribution in [3.63, 3.8) is 0 Å². The van der Waals surface area contributed by atoms with Gasteiger partial charge in [-0.3, -0.25) is 9.36 Å². The lowest BCUT2D eigenvalue weighted by Crippen LogP contribution is -2.35. The molecule has 3 rings (SSSR count). The topological polar surface area (TPSA) is 69.0 Å². The average molecular weight is 463 g/mol. The lowest BCUT2D eigenvalue weighted by Gasteiger charge is -2.17. The first-order valence-electron chi connectivity index (χ1n) is 10.9. The maximum Gasteiger partial charge on any atom is 0.230 e. The van der Waals surface area contributed by atoms with E-state index in [4.69, 9.17) is 16.3 Å². The Morgan fingerprint density at radius 1 is 1.35 bits per heavy atom. The molecule has 1 amide bonds. The summed E-state index contributed by atoms with van der Waals surface area (Å²) in [6.45, 7) is 8.26. The Kier molecular flexibility index (Phi) is 8.84. The molecule has 1 saturated carbocycles. The fraction of sp³-hybridized carbons (Fsp3) is 0.522. The molecule has 1 heterocycles. The number of amides is 1. The van der Waals surface area contributed by atoms with Gasteiger partial charge in [0.05, 0.1) is 5.75 Å². The summed E-state index contributed by atoms with van der Waals surface area (Å²) in [4.78, 5) is 12.5. The first kappa shape index (κ1) is 23.7. The van der Waals surface area contributed by atoms with Crippen LogP contribution in [0.4, 0.5) is 0 Å². The fourth-order valence-electron chi connectivity index (χ4n) is 3.78. The van der Waals surface area contributed by atoms with E-state index in [-0.39, 0.29) is 12.0 Å². The highest BCUT2D eigenvalue weighted by Crippen LogP contribution is 2.27. The molecule has 168 valence electrons. The van der Waals surface area contributed by atoms with Crippen LogP contribution in [0.5, 0.6) is 5.75 Å². The summed E-state index contributed by atoms with van der Waals surface area (Å²) < 4.78 is 8.02. The van der Waals surface area contributed by atoms with Gasteiger partial charge in [-0.25, -0.2) is 0 Å². The average Bonchev–Trinajstić information content (AvgIpc) is 2.96. The molecule has 1 aromatic carbocycles. The molecule has 0 spiro atoms. The van der Waals surface area contributed by atoms with Crippen molar-refractivity contribution in [1.82, 2.24) is 20.1 Å². The molecule has 2 aromatic rings. The number of ether oxygens (including phenoxy) is 1. The zero-order chi connectivity index (χ0) is 22.2. The molecule has 1 aromatic heterocycles. The maximum absolute atomic E-state index is 12.5. The van der Waals surface area contributed by atoms with Crippen LogP contribution in [-0.2, 0) is 11.3 Å². The largest absolute Gasteiger partial charge is 0.483 e. The Labute approximate surface area is 193 Å². The number of aromatic nitrogens is 3. The zero-order valence-corrected chi connectivity index (χ0v) is 19.8. The second kappa shape index (κ2) is 11.6. The summed E-state index contributed by atoms with van der Waals surface area (Å²) in [5, 5.41) is 13.2. The van der Waals surface area contributed by atoms with Crippen LogP contribution in [0, 0.1) is 6.92 Å². The summed E-state index contributed by atoms with van der Waals surface area (Å²) >= 11 is 7.50. The van der Waals surface area contributed by atoms with Crippen LogP contribution in [0.25, 0.3) is 0 Å². The summed E-state index contributed by atoms with van der Waals surface area (Å²) in [7, 11) is 0. The van der Waals surface area contributed by atoms with Crippen LogP contribution in [0.1, 0.15) is 62.9 Å². The third-order valence-electron chi connectivity index (χ3n) is 5.42. The molecule has 31 heavy (non-hydrogen) atoms. The van der Waals surface area contributed by atoms with Crippen molar-refractivity contribution in [2.24, 2.45) is 0 Å². The highest BCUT2D eigenvalue weighted by Gasteiger charge is 2.21. The number of nitrogens with zero attached hydrogens (tertiary/aromatic N) is 3. The van der Waals surface area contributed by atoms with Gasteiger partial charge < -0.3 is 10.1 Å². The van der Waals surface area contributed by atoms with E-state index in [1.54, 1.807) is 6.08 Å². The molecule has 1 atom stereocenters. The van der Waals surface area contributed by atoms with E-state index in [1.165, 1.54) is 37.4 Å². The summed E-state index contributed by atoms with van der Waals surface area (Å²) in [5.74, 6) is 1.78. The normalized spacial score (nSPS) is 15.8. The van der Waals surface area contributed by atoms with E-state index in [0.717, 1.165) is 24.2 Å². The molecule has 0 radical (unpaired) electrons. The van der Waals surface area contributed by atoms with E-state index in [9.17, 15) is 4.79 Å². The predicted octanol–water partition coefficient (Wildman–Crippen LogP) is 5.50. The van der Waals surface area contributed by atoms with Crippen LogP contribution in [0.15, 0.2) is 36.0 Å². The van der Waals surface area contributed by atoms with Crippen LogP contribution in [0.2, 0.25) is 5.02 Å². The molecular formula is C23H31ClN4O2S. The second-order valence-electron chi connectivity index (χ2n) is 7.96. The van der Waals surface area contributed by atoms with Gasteiger partial charge in [0, 0.05) is 17.6 Å². The van der Waals surface area contributed by atoms with Gasteiger partial charge in [-0.1, -0.05) is 55.1 Å². The molecule has 0 aliphatic heterocycles. The van der Waals surface area contributed by atoms with Crippen LogP contribution in [-0.4, -0.2) is 32.5 Å². The predicted molar refractivity (Wildman–Crippen MR) is 126 cm³/mol. The first-order valence-corrected chi connectivity index (χ1v) is 12.2. The van der Waals surface area contributed by atoms with E-state index in [1.807, 2.05) is 36.6 Å². The lowest BCUT2D eigenvalue weighted by molar-refractivity contribution is -0.119. The zero-order valence-electron chi connectivity index (χ0n) is 18.3. The van der Waals surface area contributed by atoms with Gasteiger partial charge in [0.2, 0.25) is 5.91 Å². The quantitative estimate of drug-likeness (QED) is 0.303.